The number of fused-ring (bicyclic) bond motifs is 1. The minimum absolute atomic E-state index is 0.171. The highest BCUT2D eigenvalue weighted by atomic mass is 16.2. The summed E-state index contributed by atoms with van der Waals surface area (Å²) in [5.74, 6) is 0.425. The number of anilines is 1. The molecule has 0 spiro atoms. The zero-order valence-corrected chi connectivity index (χ0v) is 13.2. The lowest BCUT2D eigenvalue weighted by Crippen LogP contribution is -2.36. The zero-order chi connectivity index (χ0) is 16.4. The number of aromatic nitrogens is 3. The van der Waals surface area contributed by atoms with Gasteiger partial charge in [0.25, 0.3) is 0 Å². The molecule has 6 heteroatoms. The molecule has 3 aromatic rings. The first-order valence-corrected chi connectivity index (χ1v) is 8.20. The number of nitrogens with zero attached hydrogens (tertiary/aromatic N) is 2. The van der Waals surface area contributed by atoms with Crippen LogP contribution < -0.4 is 10.6 Å². The second kappa shape index (κ2) is 6.31. The van der Waals surface area contributed by atoms with Crippen molar-refractivity contribution in [2.24, 2.45) is 0 Å². The van der Waals surface area contributed by atoms with Gasteiger partial charge in [0.1, 0.15) is 0 Å². The largest absolute Gasteiger partial charge is 0.335 e. The number of nitrogens with one attached hydrogen (secondary N) is 3. The molecule has 1 fully saturated rings. The van der Waals surface area contributed by atoms with Gasteiger partial charge >= 0.3 is 6.03 Å². The first kappa shape index (κ1) is 14.7. The lowest BCUT2D eigenvalue weighted by Gasteiger charge is -2.14. The number of H-pyrrole nitrogens is 1. The molecule has 2 atom stereocenters. The van der Waals surface area contributed by atoms with Gasteiger partial charge in [-0.15, -0.1) is 0 Å². The van der Waals surface area contributed by atoms with E-state index in [2.05, 4.69) is 31.9 Å². The second-order valence-corrected chi connectivity index (χ2v) is 6.20. The van der Waals surface area contributed by atoms with Crippen molar-refractivity contribution in [1.82, 2.24) is 20.5 Å². The Hall–Kier alpha value is -2.89. The van der Waals surface area contributed by atoms with Gasteiger partial charge in [-0.2, -0.15) is 5.10 Å². The number of carbonyl (C=O) groups is 1. The maximum atomic E-state index is 12.3. The summed E-state index contributed by atoms with van der Waals surface area (Å²) in [7, 11) is 0. The van der Waals surface area contributed by atoms with E-state index >= 15 is 0 Å². The SMILES string of the molecule is O=C(Nc1cccc2[nH]ncc12)N[C@H]1CC[C@@H](c2ccccn2)C1. The number of benzene rings is 1. The van der Waals surface area contributed by atoms with Gasteiger partial charge in [0.15, 0.2) is 0 Å². The van der Waals surface area contributed by atoms with Gasteiger partial charge in [0.2, 0.25) is 0 Å². The molecule has 122 valence electrons. The molecule has 0 unspecified atom stereocenters. The number of rotatable bonds is 3. The van der Waals surface area contributed by atoms with Crippen molar-refractivity contribution < 1.29 is 4.79 Å². The molecule has 6 nitrogen and oxygen atoms in total. The number of amides is 2. The van der Waals surface area contributed by atoms with Crippen LogP contribution >= 0.6 is 0 Å². The van der Waals surface area contributed by atoms with Gasteiger partial charge in [-0.1, -0.05) is 12.1 Å². The Labute approximate surface area is 139 Å². The van der Waals surface area contributed by atoms with Crippen LogP contribution in [0.1, 0.15) is 30.9 Å². The maximum absolute atomic E-state index is 12.3. The molecule has 2 aromatic heterocycles. The van der Waals surface area contributed by atoms with E-state index in [1.807, 2.05) is 36.5 Å². The molecular weight excluding hydrogens is 302 g/mol. The fraction of sp³-hybridized carbons (Fsp3) is 0.278. The smallest absolute Gasteiger partial charge is 0.319 e. The molecule has 24 heavy (non-hydrogen) atoms. The maximum Gasteiger partial charge on any atom is 0.319 e. The predicted octanol–water partition coefficient (Wildman–Crippen LogP) is 3.42. The van der Waals surface area contributed by atoms with Gasteiger partial charge in [-0.05, 0) is 43.5 Å². The summed E-state index contributed by atoms with van der Waals surface area (Å²) in [6, 6.07) is 11.7. The molecule has 4 rings (SSSR count). The molecule has 0 radical (unpaired) electrons. The van der Waals surface area contributed by atoms with Crippen LogP contribution in [-0.2, 0) is 0 Å². The van der Waals surface area contributed by atoms with Crippen molar-refractivity contribution in [3.63, 3.8) is 0 Å². The molecule has 1 aromatic carbocycles. The lowest BCUT2D eigenvalue weighted by molar-refractivity contribution is 0.248. The fourth-order valence-electron chi connectivity index (χ4n) is 3.42. The van der Waals surface area contributed by atoms with Crippen LogP contribution in [0.5, 0.6) is 0 Å². The van der Waals surface area contributed by atoms with E-state index in [1.165, 1.54) is 0 Å². The third-order valence-electron chi connectivity index (χ3n) is 4.61. The van der Waals surface area contributed by atoms with E-state index in [9.17, 15) is 4.79 Å². The molecule has 0 aliphatic heterocycles. The number of urea groups is 1. The third-order valence-corrected chi connectivity index (χ3v) is 4.61. The van der Waals surface area contributed by atoms with E-state index < -0.39 is 0 Å². The Balaban J connectivity index is 1.38. The summed E-state index contributed by atoms with van der Waals surface area (Å²) in [5.41, 5.74) is 2.78. The second-order valence-electron chi connectivity index (χ2n) is 6.20. The topological polar surface area (TPSA) is 82.7 Å². The number of aromatic amines is 1. The molecule has 0 bridgehead atoms. The van der Waals surface area contributed by atoms with Gasteiger partial charge in [0, 0.05) is 29.2 Å². The van der Waals surface area contributed by atoms with Gasteiger partial charge in [-0.25, -0.2) is 4.79 Å². The van der Waals surface area contributed by atoms with Gasteiger partial charge < -0.3 is 10.6 Å². The van der Waals surface area contributed by atoms with Crippen molar-refractivity contribution in [2.75, 3.05) is 5.32 Å². The Morgan fingerprint density at radius 2 is 2.12 bits per heavy atom. The van der Waals surface area contributed by atoms with E-state index in [0.29, 0.717) is 5.92 Å². The molecular formula is C18H19N5O. The summed E-state index contributed by atoms with van der Waals surface area (Å²) < 4.78 is 0. The average Bonchev–Trinajstić information content (AvgIpc) is 3.25. The molecule has 2 amide bonds. The van der Waals surface area contributed by atoms with Crippen molar-refractivity contribution >= 4 is 22.6 Å². The van der Waals surface area contributed by atoms with Gasteiger partial charge in [-0.3, -0.25) is 10.1 Å². The molecule has 3 N–H and O–H groups in total. The quantitative estimate of drug-likeness (QED) is 0.691. The van der Waals surface area contributed by atoms with E-state index in [0.717, 1.165) is 41.5 Å². The zero-order valence-electron chi connectivity index (χ0n) is 13.2. The van der Waals surface area contributed by atoms with Crippen molar-refractivity contribution in [3.8, 4) is 0 Å². The summed E-state index contributed by atoms with van der Waals surface area (Å²) >= 11 is 0. The van der Waals surface area contributed by atoms with Crippen LogP contribution in [0.25, 0.3) is 10.9 Å². The summed E-state index contributed by atoms with van der Waals surface area (Å²) in [4.78, 5) is 16.7. The van der Waals surface area contributed by atoms with Crippen LogP contribution in [0, 0.1) is 0 Å². The normalized spacial score (nSPS) is 20.2. The van der Waals surface area contributed by atoms with Crippen LogP contribution in [0.3, 0.4) is 0 Å². The lowest BCUT2D eigenvalue weighted by atomic mass is 10.0. The number of carbonyl (C=O) groups excluding carboxylic acids is 1. The minimum atomic E-state index is -0.171. The highest BCUT2D eigenvalue weighted by Crippen LogP contribution is 2.33. The van der Waals surface area contributed by atoms with E-state index in [4.69, 9.17) is 0 Å². The highest BCUT2D eigenvalue weighted by molar-refractivity contribution is 6.00. The molecule has 0 saturated heterocycles. The van der Waals surface area contributed by atoms with Crippen molar-refractivity contribution in [1.29, 1.82) is 0 Å². The van der Waals surface area contributed by atoms with Crippen LogP contribution in [-0.4, -0.2) is 27.3 Å². The first-order valence-electron chi connectivity index (χ1n) is 8.20. The minimum Gasteiger partial charge on any atom is -0.335 e. The Morgan fingerprint density at radius 3 is 3.00 bits per heavy atom. The van der Waals surface area contributed by atoms with Crippen molar-refractivity contribution in [3.05, 3.63) is 54.5 Å². The van der Waals surface area contributed by atoms with Crippen LogP contribution in [0.15, 0.2) is 48.8 Å². The third kappa shape index (κ3) is 2.95. The molecule has 2 heterocycles. The highest BCUT2D eigenvalue weighted by Gasteiger charge is 2.27. The van der Waals surface area contributed by atoms with Crippen LogP contribution in [0.4, 0.5) is 10.5 Å². The predicted molar refractivity (Wildman–Crippen MR) is 92.9 cm³/mol. The summed E-state index contributed by atoms with van der Waals surface area (Å²) in [6.45, 7) is 0. The van der Waals surface area contributed by atoms with Gasteiger partial charge in [0.05, 0.1) is 17.4 Å². The summed E-state index contributed by atoms with van der Waals surface area (Å²) in [5, 5.41) is 13.8. The number of hydrogen-bond acceptors (Lipinski definition) is 3. The fourth-order valence-corrected chi connectivity index (χ4v) is 3.42. The molecule has 1 aliphatic rings. The number of pyridine rings is 1. The monoisotopic (exact) mass is 321 g/mol. The number of hydrogen-bond donors (Lipinski definition) is 3. The Bertz CT molecular complexity index is 845. The average molecular weight is 321 g/mol. The summed E-state index contributed by atoms with van der Waals surface area (Å²) in [6.07, 6.45) is 6.51. The van der Waals surface area contributed by atoms with E-state index in [1.54, 1.807) is 6.20 Å². The molecule has 1 saturated carbocycles. The Morgan fingerprint density at radius 1 is 1.17 bits per heavy atom. The standard InChI is InChI=1S/C18H19N5O/c24-18(22-16-5-3-6-17-14(16)11-20-23-17)21-13-8-7-12(10-13)15-4-1-2-9-19-15/h1-6,9,11-13H,7-8,10H2,(H,20,23)(H2,21,22,24)/t12-,13+/m1/s1. The van der Waals surface area contributed by atoms with Crippen LogP contribution in [0.2, 0.25) is 0 Å². The first-order chi connectivity index (χ1) is 11.8. The molecule has 1 aliphatic carbocycles. The van der Waals surface area contributed by atoms with Crippen molar-refractivity contribution in [2.45, 2.75) is 31.2 Å². The van der Waals surface area contributed by atoms with E-state index in [-0.39, 0.29) is 12.1 Å². The Kier molecular flexibility index (Phi) is 3.86.